The van der Waals surface area contributed by atoms with Gasteiger partial charge in [0.2, 0.25) is 0 Å². The molecule has 2 nitrogen and oxygen atoms in total. The van der Waals surface area contributed by atoms with E-state index in [0.717, 1.165) is 17.9 Å². The van der Waals surface area contributed by atoms with Crippen LogP contribution in [-0.4, -0.2) is 11.7 Å². The lowest BCUT2D eigenvalue weighted by molar-refractivity contribution is 0.340. The first-order valence-corrected chi connectivity index (χ1v) is 30.6. The molecule has 2 heteroatoms. The van der Waals surface area contributed by atoms with E-state index in [1.54, 1.807) is 6.07 Å². The Kier molecular flexibility index (Phi) is 36.3. The summed E-state index contributed by atoms with van der Waals surface area (Å²) in [5.74, 6) is 6.27. The van der Waals surface area contributed by atoms with Gasteiger partial charge in [-0.2, -0.15) is 0 Å². The quantitative estimate of drug-likeness (QED) is 0.148. The normalized spacial score (nSPS) is 10.4. The number of aromatic hydroxyl groups is 1. The van der Waals surface area contributed by atoms with Gasteiger partial charge in [-0.1, -0.05) is 315 Å². The number of para-hydroxylation sites is 1. The molecule has 8 aromatic carbocycles. The summed E-state index contributed by atoms with van der Waals surface area (Å²) in [6.45, 7) is 50.6. The zero-order chi connectivity index (χ0) is 61.9. The number of hydrogen-bond donors (Lipinski definition) is 1. The van der Waals surface area contributed by atoms with Gasteiger partial charge in [0.05, 0.1) is 6.61 Å². The Balaban J connectivity index is 0.000000469. The molecular weight excluding hydrogens is 993 g/mol. The van der Waals surface area contributed by atoms with E-state index >= 15 is 0 Å². The van der Waals surface area contributed by atoms with E-state index in [1.807, 2.05) is 37.3 Å². The van der Waals surface area contributed by atoms with Crippen LogP contribution in [0.5, 0.6) is 11.5 Å². The van der Waals surface area contributed by atoms with Gasteiger partial charge in [-0.15, -0.1) is 0 Å². The monoisotopic (exact) mass is 1100 g/mol. The number of hydrogen-bond acceptors (Lipinski definition) is 2. The zero-order valence-electron chi connectivity index (χ0n) is 55.7. The first kappa shape index (κ1) is 73.4. The van der Waals surface area contributed by atoms with Gasteiger partial charge in [0.1, 0.15) is 11.5 Å². The Morgan fingerprint density at radius 3 is 0.841 bits per heavy atom. The van der Waals surface area contributed by atoms with E-state index in [4.69, 9.17) is 4.74 Å². The second-order valence-electron chi connectivity index (χ2n) is 24.2. The molecule has 82 heavy (non-hydrogen) atoms. The van der Waals surface area contributed by atoms with Gasteiger partial charge in [-0.25, -0.2) is 0 Å². The zero-order valence-corrected chi connectivity index (χ0v) is 55.7. The van der Waals surface area contributed by atoms with Crippen molar-refractivity contribution in [2.45, 2.75) is 207 Å². The fraction of sp³-hybridized carbons (Fsp3) is 0.400. The summed E-state index contributed by atoms with van der Waals surface area (Å²) in [6, 6.07) is 67.7. The van der Waals surface area contributed by atoms with Crippen molar-refractivity contribution in [2.24, 2.45) is 0 Å². The van der Waals surface area contributed by atoms with Crippen LogP contribution >= 0.6 is 0 Å². The van der Waals surface area contributed by atoms with Crippen molar-refractivity contribution < 1.29 is 9.84 Å². The highest BCUT2D eigenvalue weighted by Gasteiger charge is 2.04. The molecule has 444 valence electrons. The maximum Gasteiger partial charge on any atom is 0.119 e. The predicted octanol–water partition coefficient (Wildman–Crippen LogP) is 24.4. The number of phenolic OH excluding ortho intramolecular Hbond substituents is 1. The molecule has 0 heterocycles. The summed E-state index contributed by atoms with van der Waals surface area (Å²) in [5.41, 5.74) is 19.1. The Bertz CT molecular complexity index is 2660. The van der Waals surface area contributed by atoms with Gasteiger partial charge in [-0.3, -0.25) is 0 Å². The highest BCUT2D eigenvalue weighted by atomic mass is 16.5. The lowest BCUT2D eigenvalue weighted by atomic mass is 9.99. The van der Waals surface area contributed by atoms with Gasteiger partial charge in [0.25, 0.3) is 0 Å². The van der Waals surface area contributed by atoms with Crippen molar-refractivity contribution >= 4 is 0 Å². The summed E-state index contributed by atoms with van der Waals surface area (Å²) in [7, 11) is 0. The molecule has 0 bridgehead atoms. The Labute approximate surface area is 503 Å². The number of phenols is 1. The maximum atomic E-state index is 9.28. The molecule has 0 radical (unpaired) electrons. The lowest BCUT2D eigenvalue weighted by Crippen LogP contribution is -1.93. The van der Waals surface area contributed by atoms with Gasteiger partial charge in [0, 0.05) is 0 Å². The standard InChI is InChI=1S/C11H16O.6C10H14.C9H12O/c1-4-12-11-7-5-6-10(8-11)9(2)3;3*1-8(2)10-6-4-9(3)5-7-10;2*1-8(2)10-6-4-5-9(3)7-10;1-8(2)10-7-5-4-6-9(10)3;1-7(2)8-5-3-4-6-9(8)10/h5-9H,4H2,1-3H3;6*4-8H,1-3H3;3-7,10H,1-2H3. The minimum Gasteiger partial charge on any atom is -0.508 e. The van der Waals surface area contributed by atoms with Crippen LogP contribution < -0.4 is 4.74 Å². The number of ether oxygens (including phenoxy) is 1. The average molecular weight is 1110 g/mol. The molecule has 0 unspecified atom stereocenters. The fourth-order valence-corrected chi connectivity index (χ4v) is 8.25. The Morgan fingerprint density at radius 1 is 0.280 bits per heavy atom. The van der Waals surface area contributed by atoms with Crippen molar-refractivity contribution in [3.63, 3.8) is 0 Å². The molecule has 0 aliphatic carbocycles. The average Bonchev–Trinajstić information content (AvgIpc) is 3.43. The van der Waals surface area contributed by atoms with Crippen molar-refractivity contribution in [1.82, 2.24) is 0 Å². The fourth-order valence-electron chi connectivity index (χ4n) is 8.25. The largest absolute Gasteiger partial charge is 0.508 e. The summed E-state index contributed by atoms with van der Waals surface area (Å²) in [5, 5.41) is 9.28. The van der Waals surface area contributed by atoms with Gasteiger partial charge in [-0.05, 0) is 164 Å². The van der Waals surface area contributed by atoms with Crippen molar-refractivity contribution in [3.05, 3.63) is 272 Å². The van der Waals surface area contributed by atoms with Gasteiger partial charge < -0.3 is 9.84 Å². The second-order valence-corrected chi connectivity index (χ2v) is 24.2. The summed E-state index contributed by atoms with van der Waals surface area (Å²) >= 11 is 0. The number of benzene rings is 8. The molecule has 8 aromatic rings. The van der Waals surface area contributed by atoms with E-state index in [-0.39, 0.29) is 0 Å². The first-order valence-electron chi connectivity index (χ1n) is 30.6. The van der Waals surface area contributed by atoms with Crippen LogP contribution in [0, 0.1) is 41.5 Å². The van der Waals surface area contributed by atoms with E-state index in [2.05, 4.69) is 310 Å². The summed E-state index contributed by atoms with van der Waals surface area (Å²) < 4.78 is 5.40. The van der Waals surface area contributed by atoms with Crippen LogP contribution in [0.25, 0.3) is 0 Å². The predicted molar refractivity (Wildman–Crippen MR) is 366 cm³/mol. The number of rotatable bonds is 10. The van der Waals surface area contributed by atoms with Crippen molar-refractivity contribution in [1.29, 1.82) is 0 Å². The Hall–Kier alpha value is -6.64. The lowest BCUT2D eigenvalue weighted by Gasteiger charge is -2.07. The van der Waals surface area contributed by atoms with Gasteiger partial charge >= 0.3 is 0 Å². The van der Waals surface area contributed by atoms with Crippen LogP contribution in [0.4, 0.5) is 0 Å². The van der Waals surface area contributed by atoms with Crippen LogP contribution in [0.15, 0.2) is 194 Å². The van der Waals surface area contributed by atoms with Crippen LogP contribution in [0.1, 0.15) is 243 Å². The third-order valence-electron chi connectivity index (χ3n) is 13.9. The van der Waals surface area contributed by atoms with E-state index < -0.39 is 0 Å². The first-order chi connectivity index (χ1) is 38.7. The van der Waals surface area contributed by atoms with E-state index in [1.165, 1.54) is 72.3 Å². The number of aryl methyl sites for hydroxylation is 6. The highest BCUT2D eigenvalue weighted by Crippen LogP contribution is 2.25. The molecule has 8 rings (SSSR count). The molecule has 0 atom stereocenters. The molecule has 1 N–H and O–H groups in total. The van der Waals surface area contributed by atoms with Gasteiger partial charge in [0.15, 0.2) is 0 Å². The SMILES string of the molecule is CC(C)c1ccccc1O.CCOc1cccc(C(C)C)c1.Cc1ccc(C(C)C)cc1.Cc1ccc(C(C)C)cc1.Cc1ccc(C(C)C)cc1.Cc1cccc(C(C)C)c1.Cc1cccc(C(C)C)c1.Cc1ccccc1C(C)C. The second kappa shape index (κ2) is 40.5. The molecule has 0 spiro atoms. The summed E-state index contributed by atoms with van der Waals surface area (Å²) in [6.07, 6.45) is 0. The molecule has 0 fully saturated rings. The van der Waals surface area contributed by atoms with E-state index in [0.29, 0.717) is 53.1 Å². The van der Waals surface area contributed by atoms with Crippen molar-refractivity contribution in [2.75, 3.05) is 6.61 Å². The smallest absolute Gasteiger partial charge is 0.119 e. The van der Waals surface area contributed by atoms with Crippen LogP contribution in [-0.2, 0) is 0 Å². The molecule has 0 saturated heterocycles. The maximum absolute atomic E-state index is 9.28. The van der Waals surface area contributed by atoms with E-state index in [9.17, 15) is 5.11 Å². The Morgan fingerprint density at radius 2 is 0.585 bits per heavy atom. The summed E-state index contributed by atoms with van der Waals surface area (Å²) in [4.78, 5) is 0. The highest BCUT2D eigenvalue weighted by molar-refractivity contribution is 5.34. The molecular formula is C80H112O2. The minimum absolute atomic E-state index is 0.400. The molecule has 0 aliphatic heterocycles. The minimum atomic E-state index is 0.400. The molecule has 0 amide bonds. The third kappa shape index (κ3) is 31.5. The van der Waals surface area contributed by atoms with Crippen molar-refractivity contribution in [3.8, 4) is 11.5 Å². The molecule has 0 aliphatic rings. The van der Waals surface area contributed by atoms with Crippen LogP contribution in [0.3, 0.4) is 0 Å². The topological polar surface area (TPSA) is 29.5 Å². The third-order valence-corrected chi connectivity index (χ3v) is 13.9. The molecule has 0 aromatic heterocycles. The van der Waals surface area contributed by atoms with Crippen LogP contribution in [0.2, 0.25) is 0 Å². The molecule has 0 saturated carbocycles.